The van der Waals surface area contributed by atoms with Crippen LogP contribution in [0.4, 0.5) is 5.69 Å². The fourth-order valence-corrected chi connectivity index (χ4v) is 4.26. The van der Waals surface area contributed by atoms with Crippen LogP contribution >= 0.6 is 23.4 Å². The fourth-order valence-electron chi connectivity index (χ4n) is 3.48. The third-order valence-corrected chi connectivity index (χ3v) is 5.51. The number of hydrogen-bond acceptors (Lipinski definition) is 4. The summed E-state index contributed by atoms with van der Waals surface area (Å²) in [7, 11) is 0. The number of halogens is 1. The summed E-state index contributed by atoms with van der Waals surface area (Å²) in [4.78, 5) is 30.2. The largest absolute Gasteiger partial charge is 0.325 e. The maximum Gasteiger partial charge on any atom is 0.325 e. The highest BCUT2D eigenvalue weighted by Gasteiger charge is 2.44. The first kappa shape index (κ1) is 18.7. The molecule has 1 aromatic heterocycles. The fraction of sp³-hybridized carbons (Fsp3) is 0.200. The number of anilines is 1. The minimum absolute atomic E-state index is 0.151. The molecule has 8 heteroatoms. The molecule has 28 heavy (non-hydrogen) atoms. The van der Waals surface area contributed by atoms with Crippen molar-refractivity contribution >= 4 is 35.0 Å². The van der Waals surface area contributed by atoms with Gasteiger partial charge in [-0.25, -0.2) is 4.90 Å². The van der Waals surface area contributed by atoms with Crippen LogP contribution in [-0.2, 0) is 4.79 Å². The lowest BCUT2D eigenvalue weighted by Crippen LogP contribution is -2.60. The lowest BCUT2D eigenvalue weighted by atomic mass is 10.0. The number of hydrogen-bond donors (Lipinski definition) is 1. The number of nitrogens with one attached hydrogen (secondary N) is 1. The van der Waals surface area contributed by atoms with Crippen molar-refractivity contribution in [2.24, 2.45) is 0 Å². The predicted molar refractivity (Wildman–Crippen MR) is 110 cm³/mol. The average molecular weight is 414 g/mol. The lowest BCUT2D eigenvalue weighted by Gasteiger charge is -2.31. The molecule has 1 aliphatic heterocycles. The number of H-pyrrole nitrogens is 1. The Bertz CT molecular complexity index is 1130. The smallest absolute Gasteiger partial charge is 0.291 e. The van der Waals surface area contributed by atoms with Crippen molar-refractivity contribution in [3.05, 3.63) is 69.5 Å². The Morgan fingerprint density at radius 3 is 2.79 bits per heavy atom. The summed E-state index contributed by atoms with van der Waals surface area (Å²) in [6, 6.07) is 14.6. The molecule has 6 nitrogen and oxygen atoms in total. The van der Waals surface area contributed by atoms with Crippen LogP contribution in [0, 0.1) is 0 Å². The van der Waals surface area contributed by atoms with E-state index < -0.39 is 6.17 Å². The molecule has 2 aromatic carbocycles. The third-order valence-electron chi connectivity index (χ3n) is 4.53. The van der Waals surface area contributed by atoms with Gasteiger partial charge in [0.05, 0.1) is 11.3 Å². The molecular formula is C20H18ClN4O2S+. The number of fused-ring (bicyclic) bond motifs is 3. The monoisotopic (exact) mass is 413 g/mol. The summed E-state index contributed by atoms with van der Waals surface area (Å²) >= 11 is 7.66. The van der Waals surface area contributed by atoms with Crippen LogP contribution in [0.1, 0.15) is 25.6 Å². The molecule has 0 bridgehead atoms. The summed E-state index contributed by atoms with van der Waals surface area (Å²) in [5.74, 6) is 0.610. The van der Waals surface area contributed by atoms with Gasteiger partial charge in [-0.3, -0.25) is 14.6 Å². The van der Waals surface area contributed by atoms with Gasteiger partial charge in [-0.05, 0) is 34.7 Å². The highest BCUT2D eigenvalue weighted by atomic mass is 35.5. The van der Waals surface area contributed by atoms with Crippen LogP contribution < -0.4 is 15.1 Å². The Balaban J connectivity index is 2.07. The Kier molecular flexibility index (Phi) is 4.95. The average Bonchev–Trinajstić information content (AvgIpc) is 2.66. The Morgan fingerprint density at radius 1 is 1.29 bits per heavy atom. The zero-order valence-corrected chi connectivity index (χ0v) is 16.9. The number of rotatable bonds is 3. The summed E-state index contributed by atoms with van der Waals surface area (Å²) < 4.78 is 1.63. The molecule has 1 atom stereocenters. The van der Waals surface area contributed by atoms with E-state index in [1.54, 1.807) is 21.7 Å². The molecule has 0 saturated heterocycles. The highest BCUT2D eigenvalue weighted by Crippen LogP contribution is 2.37. The molecule has 4 rings (SSSR count). The van der Waals surface area contributed by atoms with E-state index in [4.69, 9.17) is 11.6 Å². The minimum atomic E-state index is -0.611. The van der Waals surface area contributed by atoms with Crippen LogP contribution in [0.25, 0.3) is 11.3 Å². The minimum Gasteiger partial charge on any atom is -0.291 e. The van der Waals surface area contributed by atoms with E-state index in [1.807, 2.05) is 43.3 Å². The van der Waals surface area contributed by atoms with Crippen molar-refractivity contribution in [1.82, 2.24) is 10.1 Å². The van der Waals surface area contributed by atoms with Crippen LogP contribution in [0.15, 0.2) is 58.5 Å². The van der Waals surface area contributed by atoms with Gasteiger partial charge in [0.1, 0.15) is 0 Å². The standard InChI is InChI=1S/C20H17ClN4O2S/c1-3-28-20-22-18(27)17-15-9-4-5-10-16(15)24(12(2)26)19(25(17)23-20)13-7-6-8-14(21)11-13/h4-11,19H,3H2,1-2H3/p+1. The van der Waals surface area contributed by atoms with Gasteiger partial charge in [0, 0.05) is 22.6 Å². The molecule has 1 unspecified atom stereocenters. The summed E-state index contributed by atoms with van der Waals surface area (Å²) in [6.07, 6.45) is -0.611. The maximum atomic E-state index is 13.0. The number of para-hydroxylation sites is 1. The van der Waals surface area contributed by atoms with Crippen molar-refractivity contribution in [1.29, 1.82) is 0 Å². The molecule has 1 amide bonds. The van der Waals surface area contributed by atoms with Crippen molar-refractivity contribution in [3.63, 3.8) is 0 Å². The second-order valence-corrected chi connectivity index (χ2v) is 8.01. The molecule has 142 valence electrons. The van der Waals surface area contributed by atoms with Gasteiger partial charge < -0.3 is 0 Å². The number of benzene rings is 2. The van der Waals surface area contributed by atoms with Crippen LogP contribution in [0.5, 0.6) is 0 Å². The molecule has 0 spiro atoms. The zero-order valence-electron chi connectivity index (χ0n) is 15.3. The highest BCUT2D eigenvalue weighted by molar-refractivity contribution is 7.99. The molecule has 0 aliphatic carbocycles. The predicted octanol–water partition coefficient (Wildman–Crippen LogP) is 3.40. The number of amides is 1. The number of nitrogens with zero attached hydrogens (tertiary/aromatic N) is 3. The second-order valence-electron chi connectivity index (χ2n) is 6.32. The van der Waals surface area contributed by atoms with Gasteiger partial charge >= 0.3 is 11.3 Å². The first-order valence-corrected chi connectivity index (χ1v) is 10.2. The third kappa shape index (κ3) is 3.10. The lowest BCUT2D eigenvalue weighted by molar-refractivity contribution is -0.763. The van der Waals surface area contributed by atoms with Crippen molar-refractivity contribution in [2.45, 2.75) is 25.2 Å². The number of aromatic amines is 1. The van der Waals surface area contributed by atoms with Gasteiger partial charge in [0.2, 0.25) is 11.1 Å². The van der Waals surface area contributed by atoms with E-state index in [-0.39, 0.29) is 11.5 Å². The SMILES string of the molecule is CCSc1n[n+]2c(c(=O)[nH]1)-c1ccccc1N(C(C)=O)C2c1cccc(Cl)c1. The molecule has 0 radical (unpaired) electrons. The normalized spacial score (nSPS) is 15.1. The van der Waals surface area contributed by atoms with E-state index in [1.165, 1.54) is 18.7 Å². The van der Waals surface area contributed by atoms with E-state index in [2.05, 4.69) is 10.1 Å². The maximum absolute atomic E-state index is 13.0. The molecule has 0 saturated carbocycles. The Hall–Kier alpha value is -2.64. The zero-order chi connectivity index (χ0) is 19.8. The summed E-state index contributed by atoms with van der Waals surface area (Å²) in [5.41, 5.74) is 2.28. The second kappa shape index (κ2) is 7.41. The van der Waals surface area contributed by atoms with Gasteiger partial charge in [0.15, 0.2) is 0 Å². The number of thioether (sulfide) groups is 1. The number of aromatic nitrogens is 3. The van der Waals surface area contributed by atoms with Gasteiger partial charge in [-0.1, -0.05) is 54.6 Å². The molecule has 3 aromatic rings. The van der Waals surface area contributed by atoms with E-state index in [9.17, 15) is 9.59 Å². The molecule has 1 aliphatic rings. The number of carbonyl (C=O) groups is 1. The van der Waals surface area contributed by atoms with E-state index in [0.29, 0.717) is 27.1 Å². The molecule has 0 fully saturated rings. The summed E-state index contributed by atoms with van der Waals surface area (Å²) in [6.45, 7) is 3.50. The van der Waals surface area contributed by atoms with Crippen LogP contribution in [0.3, 0.4) is 0 Å². The number of carbonyl (C=O) groups excluding carboxylic acids is 1. The van der Waals surface area contributed by atoms with Gasteiger partial charge in [-0.15, -0.1) is 0 Å². The van der Waals surface area contributed by atoms with Gasteiger partial charge in [0.25, 0.3) is 6.17 Å². The van der Waals surface area contributed by atoms with Crippen molar-refractivity contribution in [3.8, 4) is 11.3 Å². The first-order chi connectivity index (χ1) is 13.5. The Morgan fingerprint density at radius 2 is 2.07 bits per heavy atom. The van der Waals surface area contributed by atoms with E-state index in [0.717, 1.165) is 11.3 Å². The van der Waals surface area contributed by atoms with Crippen LogP contribution in [0.2, 0.25) is 5.02 Å². The Labute approximate surface area is 171 Å². The quantitative estimate of drug-likeness (QED) is 0.527. The van der Waals surface area contributed by atoms with Crippen LogP contribution in [-0.4, -0.2) is 21.7 Å². The summed E-state index contributed by atoms with van der Waals surface area (Å²) in [5, 5.41) is 5.73. The van der Waals surface area contributed by atoms with E-state index >= 15 is 0 Å². The van der Waals surface area contributed by atoms with Crippen molar-refractivity contribution < 1.29 is 9.48 Å². The first-order valence-electron chi connectivity index (χ1n) is 8.85. The molecule has 2 heterocycles. The molecular weight excluding hydrogens is 396 g/mol. The van der Waals surface area contributed by atoms with Crippen molar-refractivity contribution in [2.75, 3.05) is 10.7 Å². The molecule has 1 N–H and O–H groups in total. The van der Waals surface area contributed by atoms with Gasteiger partial charge in [-0.2, -0.15) is 0 Å². The topological polar surface area (TPSA) is 69.9 Å².